The summed E-state index contributed by atoms with van der Waals surface area (Å²) in [6.45, 7) is 3.29. The molecule has 0 aliphatic carbocycles. The van der Waals surface area contributed by atoms with Crippen molar-refractivity contribution in [3.05, 3.63) is 42.0 Å². The van der Waals surface area contributed by atoms with E-state index in [-0.39, 0.29) is 0 Å². The van der Waals surface area contributed by atoms with E-state index in [4.69, 9.17) is 14.9 Å². The monoisotopic (exact) mass is 231 g/mol. The highest BCUT2D eigenvalue weighted by Crippen LogP contribution is 2.26. The van der Waals surface area contributed by atoms with E-state index in [0.717, 1.165) is 17.7 Å². The topological polar surface area (TPSA) is 48.4 Å². The van der Waals surface area contributed by atoms with E-state index in [1.165, 1.54) is 5.56 Å². The quantitative estimate of drug-likeness (QED) is 0.805. The van der Waals surface area contributed by atoms with Crippen molar-refractivity contribution in [2.24, 2.45) is 5.73 Å². The van der Waals surface area contributed by atoms with E-state index in [2.05, 4.69) is 19.1 Å². The number of nitrogens with two attached hydrogens (primary N) is 1. The van der Waals surface area contributed by atoms with Crippen molar-refractivity contribution in [3.63, 3.8) is 0 Å². The Hall–Kier alpha value is -1.74. The number of furan rings is 1. The molecule has 0 unspecified atom stereocenters. The van der Waals surface area contributed by atoms with Gasteiger partial charge in [0.2, 0.25) is 0 Å². The molecule has 2 rings (SSSR count). The predicted octanol–water partition coefficient (Wildman–Crippen LogP) is 2.98. The summed E-state index contributed by atoms with van der Waals surface area (Å²) in [7, 11) is 0. The van der Waals surface area contributed by atoms with E-state index >= 15 is 0 Å². The molecule has 0 aliphatic rings. The number of benzene rings is 1. The third kappa shape index (κ3) is 3.11. The molecule has 0 fully saturated rings. The van der Waals surface area contributed by atoms with E-state index in [1.54, 1.807) is 0 Å². The standard InChI is InChI=1S/C14H17NO2/c1-11-3-5-12(6-4-11)13-7-8-14(17-13)16-10-2-9-15/h3-8H,2,9-10,15H2,1H3. The highest BCUT2D eigenvalue weighted by atomic mass is 16.6. The molecule has 3 nitrogen and oxygen atoms in total. The minimum atomic E-state index is 0.550. The van der Waals surface area contributed by atoms with Crippen molar-refractivity contribution in [1.82, 2.24) is 0 Å². The number of hydrogen-bond acceptors (Lipinski definition) is 3. The zero-order valence-electron chi connectivity index (χ0n) is 9.98. The largest absolute Gasteiger partial charge is 0.465 e. The van der Waals surface area contributed by atoms with Gasteiger partial charge in [0.1, 0.15) is 5.76 Å². The van der Waals surface area contributed by atoms with Gasteiger partial charge in [-0.2, -0.15) is 0 Å². The Bertz CT molecular complexity index is 459. The van der Waals surface area contributed by atoms with Gasteiger partial charge in [0.05, 0.1) is 6.61 Å². The van der Waals surface area contributed by atoms with E-state index in [9.17, 15) is 0 Å². The Morgan fingerprint density at radius 3 is 2.59 bits per heavy atom. The maximum absolute atomic E-state index is 5.59. The van der Waals surface area contributed by atoms with Crippen molar-refractivity contribution in [3.8, 4) is 17.3 Å². The summed E-state index contributed by atoms with van der Waals surface area (Å²) in [5.41, 5.74) is 7.69. The van der Waals surface area contributed by atoms with Gasteiger partial charge in [0.25, 0.3) is 5.95 Å². The minimum Gasteiger partial charge on any atom is -0.465 e. The third-order valence-corrected chi connectivity index (χ3v) is 2.51. The molecule has 2 aromatic rings. The molecule has 1 aromatic carbocycles. The van der Waals surface area contributed by atoms with Crippen LogP contribution in [-0.4, -0.2) is 13.2 Å². The van der Waals surface area contributed by atoms with Gasteiger partial charge in [0.15, 0.2) is 0 Å². The van der Waals surface area contributed by atoms with Crippen molar-refractivity contribution in [2.75, 3.05) is 13.2 Å². The third-order valence-electron chi connectivity index (χ3n) is 2.51. The molecule has 0 saturated heterocycles. The normalized spacial score (nSPS) is 10.5. The lowest BCUT2D eigenvalue weighted by Crippen LogP contribution is -2.05. The van der Waals surface area contributed by atoms with Crippen LogP contribution in [0.4, 0.5) is 0 Å². The maximum atomic E-state index is 5.59. The Kier molecular flexibility index (Phi) is 3.83. The maximum Gasteiger partial charge on any atom is 0.284 e. The number of aryl methyl sites for hydroxylation is 1. The first-order valence-corrected chi connectivity index (χ1v) is 5.79. The van der Waals surface area contributed by atoms with Gasteiger partial charge < -0.3 is 14.9 Å². The van der Waals surface area contributed by atoms with Gasteiger partial charge in [0, 0.05) is 11.6 Å². The molecule has 0 radical (unpaired) electrons. The van der Waals surface area contributed by atoms with Crippen LogP contribution in [0.15, 0.2) is 40.8 Å². The Labute approximate surface area is 101 Å². The molecule has 0 atom stereocenters. The first kappa shape index (κ1) is 11.7. The number of ether oxygens (including phenoxy) is 1. The number of rotatable bonds is 5. The summed E-state index contributed by atoms with van der Waals surface area (Å²) in [6.07, 6.45) is 0.834. The molecule has 17 heavy (non-hydrogen) atoms. The summed E-state index contributed by atoms with van der Waals surface area (Å²) < 4.78 is 11.0. The molecule has 3 heteroatoms. The lowest BCUT2D eigenvalue weighted by Gasteiger charge is -2.01. The van der Waals surface area contributed by atoms with Crippen LogP contribution in [-0.2, 0) is 0 Å². The van der Waals surface area contributed by atoms with Crippen molar-refractivity contribution in [1.29, 1.82) is 0 Å². The summed E-state index contributed by atoms with van der Waals surface area (Å²) >= 11 is 0. The molecule has 0 aliphatic heterocycles. The molecule has 0 bridgehead atoms. The number of hydrogen-bond donors (Lipinski definition) is 1. The molecule has 1 heterocycles. The zero-order chi connectivity index (χ0) is 12.1. The highest BCUT2D eigenvalue weighted by molar-refractivity contribution is 5.58. The van der Waals surface area contributed by atoms with Crippen LogP contribution < -0.4 is 10.5 Å². The van der Waals surface area contributed by atoms with Gasteiger partial charge in [-0.3, -0.25) is 0 Å². The second kappa shape index (κ2) is 5.55. The molecule has 0 saturated carbocycles. The summed E-state index contributed by atoms with van der Waals surface area (Å²) in [5, 5.41) is 0. The zero-order valence-corrected chi connectivity index (χ0v) is 9.98. The van der Waals surface area contributed by atoms with Crippen molar-refractivity contribution in [2.45, 2.75) is 13.3 Å². The molecule has 0 spiro atoms. The second-order valence-corrected chi connectivity index (χ2v) is 3.98. The van der Waals surface area contributed by atoms with E-state index in [0.29, 0.717) is 19.1 Å². The predicted molar refractivity (Wildman–Crippen MR) is 68.0 cm³/mol. The SMILES string of the molecule is Cc1ccc(-c2ccc(OCCCN)o2)cc1. The molecule has 90 valence electrons. The van der Waals surface area contributed by atoms with Gasteiger partial charge >= 0.3 is 0 Å². The van der Waals surface area contributed by atoms with Crippen molar-refractivity contribution < 1.29 is 9.15 Å². The van der Waals surface area contributed by atoms with Gasteiger partial charge in [-0.25, -0.2) is 0 Å². The average Bonchev–Trinajstić information content (AvgIpc) is 2.79. The lowest BCUT2D eigenvalue weighted by atomic mass is 10.1. The summed E-state index contributed by atoms with van der Waals surface area (Å²) in [4.78, 5) is 0. The molecule has 1 aromatic heterocycles. The first-order chi connectivity index (χ1) is 8.29. The average molecular weight is 231 g/mol. The summed E-state index contributed by atoms with van der Waals surface area (Å²) in [5.74, 6) is 1.38. The molecule has 2 N–H and O–H groups in total. The van der Waals surface area contributed by atoms with Crippen LogP contribution in [0, 0.1) is 6.92 Å². The lowest BCUT2D eigenvalue weighted by molar-refractivity contribution is 0.243. The van der Waals surface area contributed by atoms with Crippen LogP contribution in [0.2, 0.25) is 0 Å². The first-order valence-electron chi connectivity index (χ1n) is 5.79. The fraction of sp³-hybridized carbons (Fsp3) is 0.286. The Morgan fingerprint density at radius 2 is 1.88 bits per heavy atom. The van der Waals surface area contributed by atoms with Crippen molar-refractivity contribution >= 4 is 0 Å². The smallest absolute Gasteiger partial charge is 0.284 e. The Morgan fingerprint density at radius 1 is 1.12 bits per heavy atom. The molecule has 0 amide bonds. The van der Waals surface area contributed by atoms with Gasteiger partial charge in [-0.15, -0.1) is 0 Å². The highest BCUT2D eigenvalue weighted by Gasteiger charge is 2.04. The molecular weight excluding hydrogens is 214 g/mol. The van der Waals surface area contributed by atoms with Gasteiger partial charge in [-0.05, 0) is 26.0 Å². The Balaban J connectivity index is 2.04. The fourth-order valence-corrected chi connectivity index (χ4v) is 1.53. The fourth-order valence-electron chi connectivity index (χ4n) is 1.53. The summed E-state index contributed by atoms with van der Waals surface area (Å²) in [6, 6.07) is 12.0. The van der Waals surface area contributed by atoms with E-state index < -0.39 is 0 Å². The molecular formula is C14H17NO2. The van der Waals surface area contributed by atoms with E-state index in [1.807, 2.05) is 24.3 Å². The van der Waals surface area contributed by atoms with Crippen LogP contribution in [0.5, 0.6) is 5.95 Å². The van der Waals surface area contributed by atoms with Gasteiger partial charge in [-0.1, -0.05) is 29.8 Å². The van der Waals surface area contributed by atoms with Crippen LogP contribution in [0.1, 0.15) is 12.0 Å². The van der Waals surface area contributed by atoms with Crippen LogP contribution >= 0.6 is 0 Å². The minimum absolute atomic E-state index is 0.550. The second-order valence-electron chi connectivity index (χ2n) is 3.98. The van der Waals surface area contributed by atoms with Crippen LogP contribution in [0.25, 0.3) is 11.3 Å². The van der Waals surface area contributed by atoms with Crippen LogP contribution in [0.3, 0.4) is 0 Å².